The van der Waals surface area contributed by atoms with Crippen LogP contribution < -0.4 is 10.9 Å². The molecule has 8 nitrogen and oxygen atoms in total. The Morgan fingerprint density at radius 3 is 2.81 bits per heavy atom. The van der Waals surface area contributed by atoms with E-state index in [1.807, 2.05) is 0 Å². The predicted octanol–water partition coefficient (Wildman–Crippen LogP) is 1.40. The topological polar surface area (TPSA) is 84.8 Å². The van der Waals surface area contributed by atoms with Crippen molar-refractivity contribution in [3.8, 4) is 0 Å². The summed E-state index contributed by atoms with van der Waals surface area (Å²) in [6, 6.07) is 3.48. The Bertz CT molecular complexity index is 964. The molecule has 0 unspecified atom stereocenters. The number of fused-ring (bicyclic) bond motifs is 3. The lowest BCUT2D eigenvalue weighted by Crippen LogP contribution is -2.36. The Morgan fingerprint density at radius 1 is 1.31 bits per heavy atom. The van der Waals surface area contributed by atoms with E-state index >= 15 is 0 Å². The quantitative estimate of drug-likeness (QED) is 0.615. The van der Waals surface area contributed by atoms with Gasteiger partial charge in [-0.15, -0.1) is 0 Å². The molecule has 140 valence electrons. The van der Waals surface area contributed by atoms with Gasteiger partial charge in [0.2, 0.25) is 5.91 Å². The van der Waals surface area contributed by atoms with Gasteiger partial charge in [-0.3, -0.25) is 14.0 Å². The second-order valence-corrected chi connectivity index (χ2v) is 6.28. The summed E-state index contributed by atoms with van der Waals surface area (Å²) in [6.07, 6.45) is 2.45. The van der Waals surface area contributed by atoms with Crippen molar-refractivity contribution < 1.29 is 9.21 Å². The van der Waals surface area contributed by atoms with Gasteiger partial charge in [0, 0.05) is 18.7 Å². The van der Waals surface area contributed by atoms with Crippen molar-refractivity contribution in [3.63, 3.8) is 0 Å². The summed E-state index contributed by atoms with van der Waals surface area (Å²) in [4.78, 5) is 27.1. The van der Waals surface area contributed by atoms with Crippen molar-refractivity contribution in [2.24, 2.45) is 0 Å². The molecule has 0 spiro atoms. The zero-order chi connectivity index (χ0) is 18.7. The molecule has 0 fully saturated rings. The fourth-order valence-corrected chi connectivity index (χ4v) is 3.20. The highest BCUT2D eigenvalue weighted by atomic mass is 16.3. The van der Waals surface area contributed by atoms with Gasteiger partial charge in [0.25, 0.3) is 5.56 Å². The maximum absolute atomic E-state index is 12.6. The van der Waals surface area contributed by atoms with Gasteiger partial charge in [-0.05, 0) is 33.0 Å². The summed E-state index contributed by atoms with van der Waals surface area (Å²) in [5.41, 5.74) is 1.59. The van der Waals surface area contributed by atoms with Crippen LogP contribution in [0, 0.1) is 6.92 Å². The van der Waals surface area contributed by atoms with Crippen LogP contribution in [-0.2, 0) is 11.3 Å². The van der Waals surface area contributed by atoms with Gasteiger partial charge in [-0.25, -0.2) is 4.68 Å². The maximum Gasteiger partial charge on any atom is 0.291 e. The SMILES string of the molecule is CCN(CC)CCCNC(=O)Cn1nc(C)n2c(cc3occc32)c1=O. The lowest BCUT2D eigenvalue weighted by molar-refractivity contribution is -0.121. The number of nitrogens with zero attached hydrogens (tertiary/aromatic N) is 4. The molecular formula is C18H25N5O3. The van der Waals surface area contributed by atoms with Crippen molar-refractivity contribution in [2.75, 3.05) is 26.2 Å². The van der Waals surface area contributed by atoms with Gasteiger partial charge in [-0.1, -0.05) is 13.8 Å². The first kappa shape index (κ1) is 18.2. The van der Waals surface area contributed by atoms with Crippen LogP contribution in [0.2, 0.25) is 0 Å². The van der Waals surface area contributed by atoms with Crippen LogP contribution in [0.25, 0.3) is 16.6 Å². The molecule has 8 heteroatoms. The number of amides is 1. The molecule has 3 rings (SSSR count). The summed E-state index contributed by atoms with van der Waals surface area (Å²) in [5.74, 6) is 0.420. The average Bonchev–Trinajstić information content (AvgIpc) is 3.20. The van der Waals surface area contributed by atoms with E-state index in [0.29, 0.717) is 23.5 Å². The van der Waals surface area contributed by atoms with Crippen molar-refractivity contribution in [2.45, 2.75) is 33.7 Å². The number of aromatic nitrogens is 3. The van der Waals surface area contributed by atoms with Crippen LogP contribution in [0.15, 0.2) is 27.6 Å². The van der Waals surface area contributed by atoms with Gasteiger partial charge < -0.3 is 14.6 Å². The number of aryl methyl sites for hydroxylation is 1. The lowest BCUT2D eigenvalue weighted by atomic mass is 10.3. The third-order valence-corrected chi connectivity index (χ3v) is 4.63. The third kappa shape index (κ3) is 3.50. The molecule has 3 aromatic heterocycles. The van der Waals surface area contributed by atoms with Gasteiger partial charge in [-0.2, -0.15) is 5.10 Å². The number of nitrogens with one attached hydrogen (secondary N) is 1. The first-order valence-electron chi connectivity index (χ1n) is 9.00. The zero-order valence-electron chi connectivity index (χ0n) is 15.5. The van der Waals surface area contributed by atoms with E-state index in [4.69, 9.17) is 4.42 Å². The fraction of sp³-hybridized carbons (Fsp3) is 0.500. The van der Waals surface area contributed by atoms with E-state index in [1.165, 1.54) is 4.68 Å². The van der Waals surface area contributed by atoms with E-state index < -0.39 is 0 Å². The Kier molecular flexibility index (Phi) is 5.41. The molecule has 26 heavy (non-hydrogen) atoms. The normalized spacial score (nSPS) is 11.7. The van der Waals surface area contributed by atoms with Crippen LogP contribution in [-0.4, -0.2) is 51.2 Å². The van der Waals surface area contributed by atoms with E-state index in [2.05, 4.69) is 29.2 Å². The Morgan fingerprint density at radius 2 is 2.08 bits per heavy atom. The van der Waals surface area contributed by atoms with Crippen LogP contribution in [0.3, 0.4) is 0 Å². The first-order chi connectivity index (χ1) is 12.5. The van der Waals surface area contributed by atoms with Crippen molar-refractivity contribution in [3.05, 3.63) is 34.6 Å². The summed E-state index contributed by atoms with van der Waals surface area (Å²) >= 11 is 0. The second-order valence-electron chi connectivity index (χ2n) is 6.28. The molecule has 1 N–H and O–H groups in total. The monoisotopic (exact) mass is 359 g/mol. The molecule has 3 aromatic rings. The molecule has 1 amide bonds. The van der Waals surface area contributed by atoms with Gasteiger partial charge in [0.05, 0.1) is 11.8 Å². The molecule has 0 aliphatic rings. The molecule has 0 aliphatic heterocycles. The van der Waals surface area contributed by atoms with Crippen LogP contribution in [0.4, 0.5) is 0 Å². The molecule has 0 radical (unpaired) electrons. The largest absolute Gasteiger partial charge is 0.463 e. The molecule has 0 atom stereocenters. The maximum atomic E-state index is 12.6. The Balaban J connectivity index is 1.68. The number of carbonyl (C=O) groups is 1. The summed E-state index contributed by atoms with van der Waals surface area (Å²) < 4.78 is 8.32. The van der Waals surface area contributed by atoms with Crippen LogP contribution >= 0.6 is 0 Å². The molecule has 0 aromatic carbocycles. The molecule has 0 saturated carbocycles. The highest BCUT2D eigenvalue weighted by molar-refractivity contribution is 5.82. The molecular weight excluding hydrogens is 334 g/mol. The highest BCUT2D eigenvalue weighted by Crippen LogP contribution is 2.19. The van der Waals surface area contributed by atoms with E-state index in [9.17, 15) is 9.59 Å². The van der Waals surface area contributed by atoms with Gasteiger partial charge >= 0.3 is 0 Å². The average molecular weight is 359 g/mol. The number of hydrogen-bond donors (Lipinski definition) is 1. The third-order valence-electron chi connectivity index (χ3n) is 4.63. The Hall–Kier alpha value is -2.61. The smallest absolute Gasteiger partial charge is 0.291 e. The minimum Gasteiger partial charge on any atom is -0.463 e. The number of furan rings is 1. The number of rotatable bonds is 8. The van der Waals surface area contributed by atoms with Crippen molar-refractivity contribution in [1.29, 1.82) is 0 Å². The van der Waals surface area contributed by atoms with E-state index in [1.54, 1.807) is 29.7 Å². The molecule has 0 bridgehead atoms. The van der Waals surface area contributed by atoms with Crippen molar-refractivity contribution in [1.82, 2.24) is 24.4 Å². The molecule has 3 heterocycles. The summed E-state index contributed by atoms with van der Waals surface area (Å²) in [5, 5.41) is 7.14. The van der Waals surface area contributed by atoms with Gasteiger partial charge in [0.15, 0.2) is 5.58 Å². The standard InChI is InChI=1S/C18H25N5O3/c1-4-21(5-2)9-6-8-19-17(24)12-22-18(25)15-11-16-14(7-10-26-16)23(15)13(3)20-22/h7,10-11H,4-6,8-9,12H2,1-3H3,(H,19,24). The van der Waals surface area contributed by atoms with Crippen LogP contribution in [0.5, 0.6) is 0 Å². The minimum absolute atomic E-state index is 0.0893. The van der Waals surface area contributed by atoms with Crippen LogP contribution in [0.1, 0.15) is 26.1 Å². The minimum atomic E-state index is -0.305. The predicted molar refractivity (Wildman–Crippen MR) is 99.4 cm³/mol. The van der Waals surface area contributed by atoms with E-state index in [0.717, 1.165) is 31.6 Å². The van der Waals surface area contributed by atoms with Crippen molar-refractivity contribution >= 4 is 22.5 Å². The molecule has 0 saturated heterocycles. The number of carbonyl (C=O) groups excluding carboxylic acids is 1. The van der Waals surface area contributed by atoms with Gasteiger partial charge in [0.1, 0.15) is 17.9 Å². The highest BCUT2D eigenvalue weighted by Gasteiger charge is 2.15. The lowest BCUT2D eigenvalue weighted by Gasteiger charge is -2.17. The molecule has 0 aliphatic carbocycles. The zero-order valence-corrected chi connectivity index (χ0v) is 15.5. The number of hydrogen-bond acceptors (Lipinski definition) is 5. The summed E-state index contributed by atoms with van der Waals surface area (Å²) in [6.45, 7) is 9.49. The Labute approximate surface area is 151 Å². The second kappa shape index (κ2) is 7.74. The fourth-order valence-electron chi connectivity index (χ4n) is 3.20. The summed E-state index contributed by atoms with van der Waals surface area (Å²) in [7, 11) is 0. The first-order valence-corrected chi connectivity index (χ1v) is 9.00. The van der Waals surface area contributed by atoms with E-state index in [-0.39, 0.29) is 18.0 Å².